The summed E-state index contributed by atoms with van der Waals surface area (Å²) in [5, 5.41) is 2.90. The Balaban J connectivity index is 1.52. The van der Waals surface area contributed by atoms with Crippen molar-refractivity contribution in [3.63, 3.8) is 0 Å². The standard InChI is InChI=1S/C23H23NO3S/c1-17-8-13-22(26-2)21(16-17)24-23(25)18-9-11-19(12-10-18)27-14-15-28-20-6-4-3-5-7-20/h3-13,16H,14-15H2,1-2H3,(H,24,25). The van der Waals surface area contributed by atoms with Crippen molar-refractivity contribution >= 4 is 23.4 Å². The number of carbonyl (C=O) groups excluding carboxylic acids is 1. The Morgan fingerprint density at radius 2 is 1.75 bits per heavy atom. The van der Waals surface area contributed by atoms with Crippen LogP contribution in [0.25, 0.3) is 0 Å². The van der Waals surface area contributed by atoms with Crippen LogP contribution >= 0.6 is 11.8 Å². The molecular weight excluding hydrogens is 370 g/mol. The van der Waals surface area contributed by atoms with Crippen molar-refractivity contribution in [3.05, 3.63) is 83.9 Å². The second kappa shape index (κ2) is 9.85. The second-order valence-electron chi connectivity index (χ2n) is 6.19. The first-order valence-electron chi connectivity index (χ1n) is 9.02. The SMILES string of the molecule is COc1ccc(C)cc1NC(=O)c1ccc(OCCSc2ccccc2)cc1. The summed E-state index contributed by atoms with van der Waals surface area (Å²) in [6.45, 7) is 2.57. The number of benzene rings is 3. The van der Waals surface area contributed by atoms with Crippen molar-refractivity contribution in [2.45, 2.75) is 11.8 Å². The maximum Gasteiger partial charge on any atom is 0.255 e. The number of anilines is 1. The smallest absolute Gasteiger partial charge is 0.255 e. The van der Waals surface area contributed by atoms with Gasteiger partial charge >= 0.3 is 0 Å². The largest absolute Gasteiger partial charge is 0.495 e. The molecule has 0 aromatic heterocycles. The number of nitrogens with one attached hydrogen (secondary N) is 1. The van der Waals surface area contributed by atoms with E-state index in [1.807, 2.05) is 55.5 Å². The number of amides is 1. The molecule has 0 aliphatic carbocycles. The molecule has 3 rings (SSSR count). The van der Waals surface area contributed by atoms with E-state index in [2.05, 4.69) is 17.4 Å². The molecule has 5 heteroatoms. The molecule has 0 heterocycles. The van der Waals surface area contributed by atoms with Crippen LogP contribution in [0, 0.1) is 6.92 Å². The Bertz CT molecular complexity index is 911. The van der Waals surface area contributed by atoms with Gasteiger partial charge in [-0.3, -0.25) is 4.79 Å². The monoisotopic (exact) mass is 393 g/mol. The third-order valence-electron chi connectivity index (χ3n) is 4.08. The number of ether oxygens (including phenoxy) is 2. The van der Waals surface area contributed by atoms with E-state index in [-0.39, 0.29) is 5.91 Å². The fourth-order valence-electron chi connectivity index (χ4n) is 2.65. The van der Waals surface area contributed by atoms with E-state index in [1.165, 1.54) is 4.90 Å². The lowest BCUT2D eigenvalue weighted by atomic mass is 10.1. The highest BCUT2D eigenvalue weighted by Crippen LogP contribution is 2.26. The average molecular weight is 394 g/mol. The predicted molar refractivity (Wildman–Crippen MR) is 115 cm³/mol. The summed E-state index contributed by atoms with van der Waals surface area (Å²) in [6.07, 6.45) is 0. The first kappa shape index (κ1) is 19.8. The average Bonchev–Trinajstić information content (AvgIpc) is 2.72. The minimum absolute atomic E-state index is 0.185. The highest BCUT2D eigenvalue weighted by atomic mass is 32.2. The quantitative estimate of drug-likeness (QED) is 0.410. The van der Waals surface area contributed by atoms with E-state index < -0.39 is 0 Å². The summed E-state index contributed by atoms with van der Waals surface area (Å²) < 4.78 is 11.1. The van der Waals surface area contributed by atoms with E-state index in [9.17, 15) is 4.79 Å². The molecule has 3 aromatic rings. The van der Waals surface area contributed by atoms with E-state index in [1.54, 1.807) is 31.0 Å². The highest BCUT2D eigenvalue weighted by molar-refractivity contribution is 7.99. The number of carbonyl (C=O) groups is 1. The van der Waals surface area contributed by atoms with Gasteiger partial charge in [0.25, 0.3) is 5.91 Å². The van der Waals surface area contributed by atoms with Crippen LogP contribution in [0.4, 0.5) is 5.69 Å². The van der Waals surface area contributed by atoms with E-state index in [0.717, 1.165) is 17.1 Å². The number of aryl methyl sites for hydroxylation is 1. The summed E-state index contributed by atoms with van der Waals surface area (Å²) in [4.78, 5) is 13.7. The molecule has 0 spiro atoms. The van der Waals surface area contributed by atoms with Gasteiger partial charge in [0.15, 0.2) is 0 Å². The van der Waals surface area contributed by atoms with Crippen molar-refractivity contribution in [1.82, 2.24) is 0 Å². The maximum atomic E-state index is 12.5. The van der Waals surface area contributed by atoms with Gasteiger partial charge in [0.2, 0.25) is 0 Å². The predicted octanol–water partition coefficient (Wildman–Crippen LogP) is 5.43. The summed E-state index contributed by atoms with van der Waals surface area (Å²) in [7, 11) is 1.59. The molecule has 0 unspecified atom stereocenters. The normalized spacial score (nSPS) is 10.4. The van der Waals surface area contributed by atoms with Crippen molar-refractivity contribution in [3.8, 4) is 11.5 Å². The van der Waals surface area contributed by atoms with Crippen LogP contribution < -0.4 is 14.8 Å². The Labute approximate surface area is 169 Å². The van der Waals surface area contributed by atoms with Crippen molar-refractivity contribution < 1.29 is 14.3 Å². The van der Waals surface area contributed by atoms with E-state index in [0.29, 0.717) is 23.6 Å². The molecule has 0 saturated carbocycles. The Hall–Kier alpha value is -2.92. The van der Waals surface area contributed by atoms with Crippen LogP contribution in [0.5, 0.6) is 11.5 Å². The van der Waals surface area contributed by atoms with Gasteiger partial charge in [0.05, 0.1) is 19.4 Å². The molecule has 4 nitrogen and oxygen atoms in total. The summed E-state index contributed by atoms with van der Waals surface area (Å²) in [5.41, 5.74) is 2.27. The van der Waals surface area contributed by atoms with Crippen LogP contribution in [-0.2, 0) is 0 Å². The molecule has 0 aliphatic heterocycles. The van der Waals surface area contributed by atoms with Gasteiger partial charge in [-0.1, -0.05) is 24.3 Å². The zero-order valence-electron chi connectivity index (χ0n) is 16.0. The highest BCUT2D eigenvalue weighted by Gasteiger charge is 2.10. The number of hydrogen-bond donors (Lipinski definition) is 1. The molecule has 0 saturated heterocycles. The van der Waals surface area contributed by atoms with Crippen LogP contribution in [0.3, 0.4) is 0 Å². The van der Waals surface area contributed by atoms with Gasteiger partial charge in [-0.25, -0.2) is 0 Å². The minimum Gasteiger partial charge on any atom is -0.495 e. The van der Waals surface area contributed by atoms with Crippen LogP contribution in [0.1, 0.15) is 15.9 Å². The lowest BCUT2D eigenvalue weighted by Gasteiger charge is -2.11. The van der Waals surface area contributed by atoms with Crippen LogP contribution in [0.15, 0.2) is 77.7 Å². The Morgan fingerprint density at radius 3 is 2.46 bits per heavy atom. The fraction of sp³-hybridized carbons (Fsp3) is 0.174. The zero-order chi connectivity index (χ0) is 19.8. The molecule has 0 radical (unpaired) electrons. The first-order valence-corrected chi connectivity index (χ1v) is 10.0. The molecule has 0 aliphatic rings. The minimum atomic E-state index is -0.185. The lowest BCUT2D eigenvalue weighted by molar-refractivity contribution is 0.102. The molecule has 28 heavy (non-hydrogen) atoms. The topological polar surface area (TPSA) is 47.6 Å². The summed E-state index contributed by atoms with van der Waals surface area (Å²) >= 11 is 1.75. The lowest BCUT2D eigenvalue weighted by Crippen LogP contribution is -2.12. The number of hydrogen-bond acceptors (Lipinski definition) is 4. The van der Waals surface area contributed by atoms with E-state index >= 15 is 0 Å². The van der Waals surface area contributed by atoms with Gasteiger partial charge in [-0.2, -0.15) is 0 Å². The van der Waals surface area contributed by atoms with Crippen molar-refractivity contribution in [1.29, 1.82) is 0 Å². The van der Waals surface area contributed by atoms with Crippen molar-refractivity contribution in [2.75, 3.05) is 24.8 Å². The third-order valence-corrected chi connectivity index (χ3v) is 5.06. The Kier molecular flexibility index (Phi) is 6.98. The molecular formula is C23H23NO3S. The molecule has 0 atom stereocenters. The third kappa shape index (κ3) is 5.54. The number of rotatable bonds is 8. The Morgan fingerprint density at radius 1 is 1.00 bits per heavy atom. The van der Waals surface area contributed by atoms with Gasteiger partial charge in [0.1, 0.15) is 11.5 Å². The summed E-state index contributed by atoms with van der Waals surface area (Å²) in [6, 6.07) is 23.1. The van der Waals surface area contributed by atoms with Gasteiger partial charge < -0.3 is 14.8 Å². The first-order chi connectivity index (χ1) is 13.7. The van der Waals surface area contributed by atoms with Gasteiger partial charge in [-0.05, 0) is 61.0 Å². The van der Waals surface area contributed by atoms with Crippen LogP contribution in [0.2, 0.25) is 0 Å². The number of methoxy groups -OCH3 is 1. The van der Waals surface area contributed by atoms with Gasteiger partial charge in [0, 0.05) is 16.2 Å². The molecule has 1 amide bonds. The molecule has 3 aromatic carbocycles. The zero-order valence-corrected chi connectivity index (χ0v) is 16.8. The number of thioether (sulfide) groups is 1. The fourth-order valence-corrected chi connectivity index (χ4v) is 3.40. The molecule has 1 N–H and O–H groups in total. The van der Waals surface area contributed by atoms with Crippen LogP contribution in [-0.4, -0.2) is 25.4 Å². The maximum absolute atomic E-state index is 12.5. The molecule has 0 bridgehead atoms. The second-order valence-corrected chi connectivity index (χ2v) is 7.36. The van der Waals surface area contributed by atoms with Gasteiger partial charge in [-0.15, -0.1) is 11.8 Å². The van der Waals surface area contributed by atoms with E-state index in [4.69, 9.17) is 9.47 Å². The molecule has 0 fully saturated rings. The summed E-state index contributed by atoms with van der Waals surface area (Å²) in [5.74, 6) is 2.06. The molecule has 144 valence electrons. The van der Waals surface area contributed by atoms with Crippen molar-refractivity contribution in [2.24, 2.45) is 0 Å².